The molecular formula is C26H29N3O4S. The van der Waals surface area contributed by atoms with E-state index in [1.807, 2.05) is 13.8 Å². The molecule has 0 saturated heterocycles. The van der Waals surface area contributed by atoms with Gasteiger partial charge in [-0.15, -0.1) is 0 Å². The van der Waals surface area contributed by atoms with Crippen LogP contribution in [0.25, 0.3) is 0 Å². The summed E-state index contributed by atoms with van der Waals surface area (Å²) < 4.78 is 27.9. The zero-order chi connectivity index (χ0) is 24.6. The van der Waals surface area contributed by atoms with E-state index >= 15 is 0 Å². The molecule has 3 aromatic carbocycles. The summed E-state index contributed by atoms with van der Waals surface area (Å²) in [5.41, 5.74) is 1.98. The van der Waals surface area contributed by atoms with Gasteiger partial charge >= 0.3 is 0 Å². The number of nitrogens with zero attached hydrogens (tertiary/aromatic N) is 1. The van der Waals surface area contributed by atoms with Crippen LogP contribution in [0.2, 0.25) is 0 Å². The number of aryl methyl sites for hydroxylation is 1. The van der Waals surface area contributed by atoms with E-state index in [1.54, 1.807) is 66.7 Å². The molecule has 34 heavy (non-hydrogen) atoms. The van der Waals surface area contributed by atoms with E-state index in [9.17, 15) is 18.0 Å². The van der Waals surface area contributed by atoms with Gasteiger partial charge in [0.2, 0.25) is 5.91 Å². The van der Waals surface area contributed by atoms with E-state index in [2.05, 4.69) is 10.6 Å². The number of carbonyl (C=O) groups excluding carboxylic acids is 2. The van der Waals surface area contributed by atoms with Crippen molar-refractivity contribution >= 4 is 33.2 Å². The second-order valence-corrected chi connectivity index (χ2v) is 9.73. The van der Waals surface area contributed by atoms with Gasteiger partial charge in [-0.3, -0.25) is 13.9 Å². The van der Waals surface area contributed by atoms with Crippen molar-refractivity contribution in [1.82, 2.24) is 5.32 Å². The fraction of sp³-hybridized carbons (Fsp3) is 0.231. The summed E-state index contributed by atoms with van der Waals surface area (Å²) in [6.45, 7) is 4.01. The number of unbranched alkanes of at least 4 members (excludes halogenated alkanes) is 1. The average Bonchev–Trinajstić information content (AvgIpc) is 2.84. The third kappa shape index (κ3) is 6.23. The molecule has 0 heterocycles. The van der Waals surface area contributed by atoms with Crippen LogP contribution in [0.15, 0.2) is 83.8 Å². The standard InChI is InChI=1S/C26H29N3O4S/c1-3-4-18-27-26(31)23-12-8-9-13-24(23)28-25(30)19-29(21-16-14-20(2)15-17-21)34(32,33)22-10-6-5-7-11-22/h5-17H,3-4,18-19H2,1-2H3,(H,27,31)(H,28,30). The van der Waals surface area contributed by atoms with Crippen LogP contribution in [-0.2, 0) is 14.8 Å². The molecule has 8 heteroatoms. The largest absolute Gasteiger partial charge is 0.352 e. The summed E-state index contributed by atoms with van der Waals surface area (Å²) >= 11 is 0. The van der Waals surface area contributed by atoms with Crippen molar-refractivity contribution in [3.8, 4) is 0 Å². The van der Waals surface area contributed by atoms with Gasteiger partial charge in [-0.2, -0.15) is 0 Å². The second-order valence-electron chi connectivity index (χ2n) is 7.86. The number of para-hydroxylation sites is 1. The number of anilines is 2. The van der Waals surface area contributed by atoms with E-state index in [0.717, 1.165) is 22.7 Å². The maximum Gasteiger partial charge on any atom is 0.264 e. The quantitative estimate of drug-likeness (QED) is 0.423. The maximum absolute atomic E-state index is 13.4. The van der Waals surface area contributed by atoms with Crippen molar-refractivity contribution in [2.24, 2.45) is 0 Å². The number of sulfonamides is 1. The summed E-state index contributed by atoms with van der Waals surface area (Å²) in [4.78, 5) is 25.7. The first-order chi connectivity index (χ1) is 16.3. The van der Waals surface area contributed by atoms with Gasteiger partial charge in [-0.1, -0.05) is 61.4 Å². The van der Waals surface area contributed by atoms with Crippen LogP contribution in [0.5, 0.6) is 0 Å². The third-order valence-corrected chi connectivity index (χ3v) is 6.99. The van der Waals surface area contributed by atoms with Crippen LogP contribution in [0.4, 0.5) is 11.4 Å². The smallest absolute Gasteiger partial charge is 0.264 e. The first-order valence-corrected chi connectivity index (χ1v) is 12.6. The molecule has 0 unspecified atom stereocenters. The van der Waals surface area contributed by atoms with Gasteiger partial charge in [0.05, 0.1) is 21.8 Å². The van der Waals surface area contributed by atoms with Crippen LogP contribution < -0.4 is 14.9 Å². The fourth-order valence-electron chi connectivity index (χ4n) is 3.33. The normalized spacial score (nSPS) is 11.0. The molecule has 0 fully saturated rings. The summed E-state index contributed by atoms with van der Waals surface area (Å²) in [6.07, 6.45) is 1.80. The van der Waals surface area contributed by atoms with Gasteiger partial charge in [0.25, 0.3) is 15.9 Å². The molecule has 2 amide bonds. The van der Waals surface area contributed by atoms with Crippen LogP contribution in [0, 0.1) is 6.92 Å². The second kappa shape index (κ2) is 11.5. The Morgan fingerprint density at radius 3 is 2.21 bits per heavy atom. The summed E-state index contributed by atoms with van der Waals surface area (Å²) in [7, 11) is -4.00. The van der Waals surface area contributed by atoms with Gasteiger partial charge in [-0.05, 0) is 49.7 Å². The number of hydrogen-bond donors (Lipinski definition) is 2. The SMILES string of the molecule is CCCCNC(=O)c1ccccc1NC(=O)CN(c1ccc(C)cc1)S(=O)(=O)c1ccccc1. The highest BCUT2D eigenvalue weighted by atomic mass is 32.2. The third-order valence-electron chi connectivity index (χ3n) is 5.20. The van der Waals surface area contributed by atoms with Crippen LogP contribution >= 0.6 is 0 Å². The Balaban J connectivity index is 1.86. The minimum absolute atomic E-state index is 0.0825. The zero-order valence-electron chi connectivity index (χ0n) is 19.3. The molecule has 0 aliphatic carbocycles. The molecule has 3 rings (SSSR count). The van der Waals surface area contributed by atoms with Crippen LogP contribution in [0.1, 0.15) is 35.7 Å². The molecule has 178 valence electrons. The molecule has 0 aromatic heterocycles. The lowest BCUT2D eigenvalue weighted by molar-refractivity contribution is -0.114. The summed E-state index contributed by atoms with van der Waals surface area (Å²) in [6, 6.07) is 21.5. The summed E-state index contributed by atoms with van der Waals surface area (Å²) in [5.74, 6) is -0.856. The Morgan fingerprint density at radius 1 is 0.882 bits per heavy atom. The van der Waals surface area contributed by atoms with Crippen molar-refractivity contribution in [2.75, 3.05) is 22.7 Å². The highest BCUT2D eigenvalue weighted by Gasteiger charge is 2.27. The lowest BCUT2D eigenvalue weighted by Crippen LogP contribution is -2.38. The first kappa shape index (κ1) is 25.0. The van der Waals surface area contributed by atoms with Crippen molar-refractivity contribution in [2.45, 2.75) is 31.6 Å². The number of benzene rings is 3. The molecule has 0 saturated carbocycles. The molecule has 0 spiro atoms. The minimum Gasteiger partial charge on any atom is -0.352 e. The Morgan fingerprint density at radius 2 is 1.53 bits per heavy atom. The minimum atomic E-state index is -4.00. The fourth-order valence-corrected chi connectivity index (χ4v) is 4.77. The molecule has 3 aromatic rings. The van der Waals surface area contributed by atoms with Crippen molar-refractivity contribution in [3.05, 3.63) is 90.0 Å². The van der Waals surface area contributed by atoms with Gasteiger partial charge in [-0.25, -0.2) is 8.42 Å². The molecule has 0 atom stereocenters. The molecule has 7 nitrogen and oxygen atoms in total. The molecular weight excluding hydrogens is 450 g/mol. The molecule has 0 aliphatic rings. The van der Waals surface area contributed by atoms with E-state index in [1.165, 1.54) is 12.1 Å². The molecule has 0 aliphatic heterocycles. The van der Waals surface area contributed by atoms with E-state index in [-0.39, 0.29) is 10.8 Å². The first-order valence-electron chi connectivity index (χ1n) is 11.1. The number of rotatable bonds is 10. The van der Waals surface area contributed by atoms with Crippen LogP contribution in [0.3, 0.4) is 0 Å². The van der Waals surface area contributed by atoms with Crippen molar-refractivity contribution in [1.29, 1.82) is 0 Å². The van der Waals surface area contributed by atoms with Crippen molar-refractivity contribution < 1.29 is 18.0 Å². The average molecular weight is 480 g/mol. The van der Waals surface area contributed by atoms with Gasteiger partial charge in [0.15, 0.2) is 0 Å². The van der Waals surface area contributed by atoms with E-state index in [0.29, 0.717) is 23.5 Å². The molecule has 0 bridgehead atoms. The molecule has 2 N–H and O–H groups in total. The van der Waals surface area contributed by atoms with E-state index < -0.39 is 22.5 Å². The monoisotopic (exact) mass is 479 g/mol. The Bertz CT molecular complexity index is 1230. The van der Waals surface area contributed by atoms with Crippen LogP contribution in [-0.4, -0.2) is 33.3 Å². The number of nitrogens with one attached hydrogen (secondary N) is 2. The Kier molecular flexibility index (Phi) is 8.43. The number of hydrogen-bond acceptors (Lipinski definition) is 4. The highest BCUT2D eigenvalue weighted by Crippen LogP contribution is 2.24. The molecule has 0 radical (unpaired) electrons. The topological polar surface area (TPSA) is 95.6 Å². The number of carbonyl (C=O) groups is 2. The zero-order valence-corrected chi connectivity index (χ0v) is 20.1. The Hall–Kier alpha value is -3.65. The predicted octanol–water partition coefficient (Wildman–Crippen LogP) is 4.36. The lowest BCUT2D eigenvalue weighted by atomic mass is 10.1. The van der Waals surface area contributed by atoms with E-state index in [4.69, 9.17) is 0 Å². The van der Waals surface area contributed by atoms with Crippen molar-refractivity contribution in [3.63, 3.8) is 0 Å². The predicted molar refractivity (Wildman–Crippen MR) is 134 cm³/mol. The van der Waals surface area contributed by atoms with Gasteiger partial charge in [0, 0.05) is 6.54 Å². The number of amides is 2. The maximum atomic E-state index is 13.4. The highest BCUT2D eigenvalue weighted by molar-refractivity contribution is 7.92. The Labute approximate surface area is 200 Å². The van der Waals surface area contributed by atoms with Gasteiger partial charge < -0.3 is 10.6 Å². The lowest BCUT2D eigenvalue weighted by Gasteiger charge is -2.24. The summed E-state index contributed by atoms with van der Waals surface area (Å²) in [5, 5.41) is 5.55. The van der Waals surface area contributed by atoms with Gasteiger partial charge in [0.1, 0.15) is 6.54 Å².